The highest BCUT2D eigenvalue weighted by Gasteiger charge is 2.30. The van der Waals surface area contributed by atoms with Gasteiger partial charge in [0.2, 0.25) is 0 Å². The van der Waals surface area contributed by atoms with Crippen LogP contribution >= 0.6 is 11.8 Å². The molecule has 1 N–H and O–H groups in total. The molecule has 0 saturated heterocycles. The highest BCUT2D eigenvalue weighted by atomic mass is 32.2. The minimum Gasteiger partial charge on any atom is -0.508 e. The molecule has 9 rings (SSSR count). The molecule has 1 saturated carbocycles. The van der Waals surface area contributed by atoms with Gasteiger partial charge in [-0.15, -0.1) is 0 Å². The molecular weight excluding hydrogens is 647 g/mol. The second kappa shape index (κ2) is 14.2. The molecule has 6 aromatic rings. The van der Waals surface area contributed by atoms with Crippen LogP contribution in [0.5, 0.6) is 5.75 Å². The first-order valence-corrected chi connectivity index (χ1v) is 18.8. The summed E-state index contributed by atoms with van der Waals surface area (Å²) in [6.45, 7) is 4.52. The number of hydrogen-bond donors (Lipinski definition) is 1. The quantitative estimate of drug-likeness (QED) is 0.189. The monoisotopic (exact) mass is 687 g/mol. The topological polar surface area (TPSA) is 63.3 Å². The maximum Gasteiger partial charge on any atom is 0.339 e. The standard InChI is InChI=1S/C41H37NS.C5H4O3/c1-26(2)27-17-21-31(22-18-27)43-41-36-13-7-8-14-39(36)42-40(29-15-16-29)37(41)24-20-30-25-38-32-10-4-3-9-28(32)19-23-35(38)34-12-6-5-11-33(30)34;6-4-1-2-8-5(7)3-4/h3,5-9,11-14,17-24,26,29-30H,4,10,15-16,25H2,1-2H3;1-3,6H/b24-20+;. The van der Waals surface area contributed by atoms with E-state index in [1.807, 2.05) is 11.8 Å². The van der Waals surface area contributed by atoms with Gasteiger partial charge < -0.3 is 9.52 Å². The zero-order valence-electron chi connectivity index (χ0n) is 29.0. The Balaban J connectivity index is 0.000000415. The highest BCUT2D eigenvalue weighted by Crippen LogP contribution is 2.48. The van der Waals surface area contributed by atoms with E-state index in [0.717, 1.165) is 37.1 Å². The number of benzene rings is 4. The SMILES string of the molecule is CC(C)c1ccc(Sc2c(/C=C/C3Cc4c(ccc5c4CCC=C5)-c4ccccc43)c(C3CC3)nc3ccccc23)cc1.O=c1cc(O)cco1. The smallest absolute Gasteiger partial charge is 0.339 e. The number of fused-ring (bicyclic) bond motifs is 6. The lowest BCUT2D eigenvalue weighted by atomic mass is 9.74. The van der Waals surface area contributed by atoms with E-state index in [2.05, 4.69) is 127 Å². The van der Waals surface area contributed by atoms with Gasteiger partial charge in [0.1, 0.15) is 5.75 Å². The minimum atomic E-state index is -0.537. The van der Waals surface area contributed by atoms with Crippen molar-refractivity contribution in [2.24, 2.45) is 0 Å². The molecule has 0 radical (unpaired) electrons. The van der Waals surface area contributed by atoms with Crippen molar-refractivity contribution in [3.8, 4) is 16.9 Å². The van der Waals surface area contributed by atoms with Gasteiger partial charge in [-0.2, -0.15) is 0 Å². The molecule has 254 valence electrons. The van der Waals surface area contributed by atoms with Crippen LogP contribution in [-0.4, -0.2) is 10.1 Å². The van der Waals surface area contributed by atoms with E-state index >= 15 is 0 Å². The van der Waals surface area contributed by atoms with Crippen molar-refractivity contribution in [1.82, 2.24) is 4.98 Å². The number of pyridine rings is 1. The van der Waals surface area contributed by atoms with Gasteiger partial charge in [-0.1, -0.05) is 117 Å². The summed E-state index contributed by atoms with van der Waals surface area (Å²) in [6.07, 6.45) is 16.5. The van der Waals surface area contributed by atoms with Crippen LogP contribution in [0.1, 0.15) is 89.9 Å². The van der Waals surface area contributed by atoms with E-state index < -0.39 is 5.63 Å². The van der Waals surface area contributed by atoms with Crippen molar-refractivity contribution >= 4 is 34.8 Å². The Hall–Kier alpha value is -5.13. The molecule has 0 spiro atoms. The summed E-state index contributed by atoms with van der Waals surface area (Å²) in [5.41, 5.74) is 13.3. The van der Waals surface area contributed by atoms with Gasteiger partial charge in [0.15, 0.2) is 0 Å². The lowest BCUT2D eigenvalue weighted by Crippen LogP contribution is -2.13. The Kier molecular flexibility index (Phi) is 9.23. The summed E-state index contributed by atoms with van der Waals surface area (Å²) < 4.78 is 4.29. The Morgan fingerprint density at radius 3 is 2.47 bits per heavy atom. The second-order valence-corrected chi connectivity index (χ2v) is 15.1. The summed E-state index contributed by atoms with van der Waals surface area (Å²) in [7, 11) is 0. The zero-order valence-corrected chi connectivity index (χ0v) is 29.8. The lowest BCUT2D eigenvalue weighted by molar-refractivity contribution is 0.447. The summed E-state index contributed by atoms with van der Waals surface area (Å²) in [4.78, 5) is 18.1. The second-order valence-electron chi connectivity index (χ2n) is 14.0. The van der Waals surface area contributed by atoms with Gasteiger partial charge in [0, 0.05) is 38.6 Å². The van der Waals surface area contributed by atoms with Crippen molar-refractivity contribution in [1.29, 1.82) is 0 Å². The Morgan fingerprint density at radius 2 is 1.71 bits per heavy atom. The largest absolute Gasteiger partial charge is 0.508 e. The van der Waals surface area contributed by atoms with Crippen molar-refractivity contribution < 1.29 is 9.52 Å². The van der Waals surface area contributed by atoms with Gasteiger partial charge in [-0.3, -0.25) is 4.98 Å². The van der Waals surface area contributed by atoms with Gasteiger partial charge in [-0.05, 0) is 95.2 Å². The zero-order chi connectivity index (χ0) is 34.9. The molecule has 0 aliphatic heterocycles. The molecule has 1 fully saturated rings. The van der Waals surface area contributed by atoms with E-state index in [9.17, 15) is 4.79 Å². The fraction of sp³-hybridized carbons (Fsp3) is 0.217. The van der Waals surface area contributed by atoms with E-state index in [1.54, 1.807) is 11.1 Å². The fourth-order valence-electron chi connectivity index (χ4n) is 7.43. The third kappa shape index (κ3) is 6.96. The van der Waals surface area contributed by atoms with Crippen LogP contribution in [0.4, 0.5) is 0 Å². The van der Waals surface area contributed by atoms with Gasteiger partial charge >= 0.3 is 5.63 Å². The Morgan fingerprint density at radius 1 is 0.902 bits per heavy atom. The normalized spacial score (nSPS) is 16.0. The average molecular weight is 688 g/mol. The van der Waals surface area contributed by atoms with Crippen LogP contribution in [0.2, 0.25) is 0 Å². The molecule has 1 atom stereocenters. The summed E-state index contributed by atoms with van der Waals surface area (Å²) in [5.74, 6) is 1.36. The van der Waals surface area contributed by atoms with Crippen LogP contribution < -0.4 is 5.63 Å². The fourth-order valence-corrected chi connectivity index (χ4v) is 8.50. The lowest BCUT2D eigenvalue weighted by Gasteiger charge is -2.29. The van der Waals surface area contributed by atoms with Crippen LogP contribution in [0, 0.1) is 0 Å². The first kappa shape index (κ1) is 33.0. The number of nitrogens with zero attached hydrogens (tertiary/aromatic N) is 1. The molecule has 2 aromatic heterocycles. The molecule has 4 nitrogen and oxygen atoms in total. The molecule has 0 amide bonds. The van der Waals surface area contributed by atoms with Crippen molar-refractivity contribution in [3.05, 3.63) is 165 Å². The highest BCUT2D eigenvalue weighted by molar-refractivity contribution is 7.99. The molecule has 3 aliphatic rings. The molecule has 2 heterocycles. The van der Waals surface area contributed by atoms with Gasteiger partial charge in [0.05, 0.1) is 23.5 Å². The van der Waals surface area contributed by atoms with E-state index in [-0.39, 0.29) is 5.75 Å². The van der Waals surface area contributed by atoms with Crippen molar-refractivity contribution in [2.45, 2.75) is 73.5 Å². The van der Waals surface area contributed by atoms with Gasteiger partial charge in [-0.25, -0.2) is 4.79 Å². The van der Waals surface area contributed by atoms with Crippen LogP contribution in [-0.2, 0) is 12.8 Å². The minimum absolute atomic E-state index is 0.0683. The maximum absolute atomic E-state index is 10.2. The van der Waals surface area contributed by atoms with E-state index in [1.165, 1.54) is 73.2 Å². The number of aromatic hydroxyl groups is 1. The Labute approximate surface area is 303 Å². The first-order valence-electron chi connectivity index (χ1n) is 18.0. The molecule has 51 heavy (non-hydrogen) atoms. The maximum atomic E-state index is 10.2. The summed E-state index contributed by atoms with van der Waals surface area (Å²) in [6, 6.07) is 34.0. The van der Waals surface area contributed by atoms with Crippen LogP contribution in [0.3, 0.4) is 0 Å². The molecule has 5 heteroatoms. The molecular formula is C46H41NO3S. The number of aromatic nitrogens is 1. The summed E-state index contributed by atoms with van der Waals surface area (Å²) in [5, 5.41) is 9.80. The van der Waals surface area contributed by atoms with E-state index in [4.69, 9.17) is 10.1 Å². The predicted molar refractivity (Wildman–Crippen MR) is 210 cm³/mol. The van der Waals surface area contributed by atoms with Crippen LogP contribution in [0.25, 0.3) is 34.2 Å². The Bertz CT molecular complexity index is 2350. The molecule has 0 bridgehead atoms. The van der Waals surface area contributed by atoms with Crippen molar-refractivity contribution in [2.75, 3.05) is 0 Å². The summed E-state index contributed by atoms with van der Waals surface area (Å²) >= 11 is 1.90. The van der Waals surface area contributed by atoms with Crippen LogP contribution in [0.15, 0.2) is 134 Å². The average Bonchev–Trinajstić information content (AvgIpc) is 4.00. The first-order chi connectivity index (χ1) is 24.9. The van der Waals surface area contributed by atoms with E-state index in [0.29, 0.717) is 17.8 Å². The third-order valence-corrected chi connectivity index (χ3v) is 11.4. The number of allylic oxidation sites excluding steroid dienone is 2. The number of hydrogen-bond acceptors (Lipinski definition) is 5. The third-order valence-electron chi connectivity index (χ3n) is 10.2. The van der Waals surface area contributed by atoms with Gasteiger partial charge in [0.25, 0.3) is 0 Å². The number of rotatable bonds is 6. The molecule has 1 unspecified atom stereocenters. The number of para-hydroxylation sites is 1. The van der Waals surface area contributed by atoms with Crippen molar-refractivity contribution in [3.63, 3.8) is 0 Å². The predicted octanol–water partition coefficient (Wildman–Crippen LogP) is 11.7. The molecule has 4 aromatic carbocycles. The molecule has 3 aliphatic carbocycles.